The van der Waals surface area contributed by atoms with Gasteiger partial charge in [0.15, 0.2) is 0 Å². The van der Waals surface area contributed by atoms with Crippen molar-refractivity contribution in [2.45, 2.75) is 88.4 Å². The van der Waals surface area contributed by atoms with Gasteiger partial charge in [-0.1, -0.05) is 85.6 Å². The van der Waals surface area contributed by atoms with Crippen molar-refractivity contribution in [3.8, 4) is 11.3 Å². The van der Waals surface area contributed by atoms with Gasteiger partial charge in [0.25, 0.3) is 0 Å². The van der Waals surface area contributed by atoms with Crippen LogP contribution in [-0.2, 0) is 19.2 Å². The fourth-order valence-electron chi connectivity index (χ4n) is 10.1. The Morgan fingerprint density at radius 2 is 0.984 bits per heavy atom. The number of aromatic amines is 1. The van der Waals surface area contributed by atoms with Crippen LogP contribution in [0.3, 0.4) is 0 Å². The summed E-state index contributed by atoms with van der Waals surface area (Å²) in [5.41, 5.74) is 6.12. The summed E-state index contributed by atoms with van der Waals surface area (Å²) in [5.74, 6) is -0.296. The van der Waals surface area contributed by atoms with E-state index in [4.69, 9.17) is 0 Å². The zero-order valence-corrected chi connectivity index (χ0v) is 34.9. The summed E-state index contributed by atoms with van der Waals surface area (Å²) in [4.78, 5) is 67.8. The van der Waals surface area contributed by atoms with Gasteiger partial charge in [0.05, 0.1) is 0 Å². The van der Waals surface area contributed by atoms with E-state index in [0.29, 0.717) is 37.3 Å². The first-order chi connectivity index (χ1) is 29.9. The molecule has 0 saturated carbocycles. The molecule has 0 unspecified atom stereocenters. The molecule has 3 N–H and O–H groups in total. The maximum Gasteiger partial charge on any atom is 0.247 e. The van der Waals surface area contributed by atoms with Gasteiger partial charge in [-0.05, 0) is 131 Å². The molecule has 5 aromatic rings. The summed E-state index contributed by atoms with van der Waals surface area (Å²) in [6.07, 6.45) is 9.53. The number of fused-ring (bicyclic) bond motifs is 1. The van der Waals surface area contributed by atoms with Crippen LogP contribution in [0.1, 0.15) is 87.4 Å². The van der Waals surface area contributed by atoms with Crippen molar-refractivity contribution in [2.24, 2.45) is 0 Å². The molecule has 4 amide bonds. The number of carbonyl (C=O) groups excluding carboxylic acids is 4. The third-order valence-electron chi connectivity index (χ3n) is 13.2. The molecule has 4 aliphatic heterocycles. The number of amides is 4. The largest absolute Gasteiger partial charge is 0.355 e. The summed E-state index contributed by atoms with van der Waals surface area (Å²) in [6.45, 7) is 4.68. The van der Waals surface area contributed by atoms with Crippen molar-refractivity contribution < 1.29 is 19.2 Å². The Balaban J connectivity index is 0.842. The maximum absolute atomic E-state index is 14.3. The van der Waals surface area contributed by atoms with E-state index in [9.17, 15) is 19.2 Å². The molecule has 11 heteroatoms. The summed E-state index contributed by atoms with van der Waals surface area (Å²) < 4.78 is 0. The molecule has 9 rings (SSSR count). The molecule has 4 fully saturated rings. The van der Waals surface area contributed by atoms with Crippen LogP contribution < -0.4 is 10.6 Å². The highest BCUT2D eigenvalue weighted by Gasteiger charge is 2.41. The lowest BCUT2D eigenvalue weighted by Crippen LogP contribution is -2.49. The van der Waals surface area contributed by atoms with Crippen molar-refractivity contribution in [2.75, 3.05) is 49.9 Å². The molecule has 11 nitrogen and oxygen atoms in total. The Hall–Kier alpha value is -5.78. The second kappa shape index (κ2) is 18.5. The Bertz CT molecular complexity index is 2320. The van der Waals surface area contributed by atoms with Crippen molar-refractivity contribution in [1.29, 1.82) is 0 Å². The third kappa shape index (κ3) is 8.85. The Morgan fingerprint density at radius 1 is 0.508 bits per heavy atom. The zero-order chi connectivity index (χ0) is 41.7. The predicted octanol–water partition coefficient (Wildman–Crippen LogP) is 8.15. The normalized spacial score (nSPS) is 21.0. The lowest BCUT2D eigenvalue weighted by molar-refractivity contribution is -0.142. The number of nitrogens with one attached hydrogen (secondary N) is 3. The smallest absolute Gasteiger partial charge is 0.247 e. The van der Waals surface area contributed by atoms with Crippen LogP contribution in [0.25, 0.3) is 22.2 Å². The van der Waals surface area contributed by atoms with Crippen LogP contribution in [0.4, 0.5) is 11.4 Å². The standard InChI is InChI=1S/C50H57N7O4/c58-47(43-19-13-31-56(43)49(60)45(36-15-5-1-6-16-36)54-27-9-3-10-28-54)51-39-23-21-35(22-24-39)42-34-38-33-40(25-26-41(38)53-42)52-48(59)44-20-14-32-57(44)50(61)46(37-17-7-2-8-18-37)55-29-11-4-12-30-55/h1-2,5-8,15-18,21-26,33-34,43-46,53H,3-4,9-14,19-20,27-32H2,(H,51,58)(H,52,59)/t43-,44-,45+,46+/m0/s1. The fourth-order valence-corrected chi connectivity index (χ4v) is 10.1. The molecule has 0 spiro atoms. The lowest BCUT2D eigenvalue weighted by Gasteiger charge is -2.37. The monoisotopic (exact) mass is 819 g/mol. The Labute approximate surface area is 358 Å². The van der Waals surface area contributed by atoms with Crippen molar-refractivity contribution in [1.82, 2.24) is 24.6 Å². The van der Waals surface area contributed by atoms with Crippen LogP contribution in [0.15, 0.2) is 109 Å². The number of benzene rings is 4. The molecule has 0 aliphatic carbocycles. The third-order valence-corrected chi connectivity index (χ3v) is 13.2. The van der Waals surface area contributed by atoms with Crippen molar-refractivity contribution in [3.05, 3.63) is 120 Å². The number of anilines is 2. The molecule has 4 aliphatic rings. The average Bonchev–Trinajstić information content (AvgIpc) is 4.09. The predicted molar refractivity (Wildman–Crippen MR) is 240 cm³/mol. The number of piperidine rings is 2. The molecular weight excluding hydrogens is 763 g/mol. The van der Waals surface area contributed by atoms with E-state index in [2.05, 4.69) is 31.5 Å². The van der Waals surface area contributed by atoms with E-state index in [1.165, 1.54) is 12.8 Å². The van der Waals surface area contributed by atoms with Crippen LogP contribution >= 0.6 is 0 Å². The zero-order valence-electron chi connectivity index (χ0n) is 34.9. The van der Waals surface area contributed by atoms with Crippen molar-refractivity contribution >= 4 is 45.9 Å². The number of hydrogen-bond donors (Lipinski definition) is 3. The SMILES string of the molecule is O=C(Nc1ccc(-c2cc3cc(NC(=O)[C@@H]4CCCN4C(=O)[C@@H](c4ccccc4)N4CCCCC4)ccc3[nH]2)cc1)[C@@H]1CCCN1C(=O)[C@@H](c1ccccc1)N1CCCCC1. The molecule has 0 bridgehead atoms. The van der Waals surface area contributed by atoms with Gasteiger partial charge >= 0.3 is 0 Å². The second-order valence-corrected chi connectivity index (χ2v) is 17.2. The summed E-state index contributed by atoms with van der Waals surface area (Å²) in [6, 6.07) is 33.8. The van der Waals surface area contributed by atoms with E-state index in [1.54, 1.807) is 4.90 Å². The second-order valence-electron chi connectivity index (χ2n) is 17.2. The minimum atomic E-state index is -0.525. The van der Waals surface area contributed by atoms with E-state index < -0.39 is 12.1 Å². The van der Waals surface area contributed by atoms with Gasteiger partial charge in [-0.3, -0.25) is 29.0 Å². The fraction of sp³-hybridized carbons (Fsp3) is 0.400. The number of aromatic nitrogens is 1. The molecule has 0 radical (unpaired) electrons. The minimum absolute atomic E-state index is 0.0119. The summed E-state index contributed by atoms with van der Waals surface area (Å²) >= 11 is 0. The lowest BCUT2D eigenvalue weighted by atomic mass is 10.00. The van der Waals surface area contributed by atoms with Crippen molar-refractivity contribution in [3.63, 3.8) is 0 Å². The quantitative estimate of drug-likeness (QED) is 0.124. The highest BCUT2D eigenvalue weighted by molar-refractivity contribution is 6.01. The molecule has 1 aromatic heterocycles. The topological polar surface area (TPSA) is 121 Å². The molecule has 4 aromatic carbocycles. The van der Waals surface area contributed by atoms with Crippen LogP contribution in [-0.4, -0.2) is 99.6 Å². The van der Waals surface area contributed by atoms with E-state index in [-0.39, 0.29) is 35.7 Å². The van der Waals surface area contributed by atoms with E-state index >= 15 is 0 Å². The number of rotatable bonds is 11. The van der Waals surface area contributed by atoms with E-state index in [0.717, 1.165) is 98.0 Å². The van der Waals surface area contributed by atoms with Gasteiger partial charge in [0.2, 0.25) is 23.6 Å². The van der Waals surface area contributed by atoms with E-state index in [1.807, 2.05) is 108 Å². The first-order valence-corrected chi connectivity index (χ1v) is 22.5. The highest BCUT2D eigenvalue weighted by Crippen LogP contribution is 2.34. The number of H-pyrrole nitrogens is 1. The molecule has 4 saturated heterocycles. The molecule has 4 atom stereocenters. The number of likely N-dealkylation sites (tertiary alicyclic amines) is 4. The number of hydrogen-bond acceptors (Lipinski definition) is 6. The maximum atomic E-state index is 14.3. The van der Waals surface area contributed by atoms with Crippen LogP contribution in [0.5, 0.6) is 0 Å². The van der Waals surface area contributed by atoms with Gasteiger partial charge in [-0.15, -0.1) is 0 Å². The number of nitrogens with zero attached hydrogens (tertiary/aromatic N) is 4. The van der Waals surface area contributed by atoms with Gasteiger partial charge in [-0.2, -0.15) is 0 Å². The highest BCUT2D eigenvalue weighted by atomic mass is 16.2. The first kappa shape index (κ1) is 40.6. The van der Waals surface area contributed by atoms with Crippen LogP contribution in [0.2, 0.25) is 0 Å². The van der Waals surface area contributed by atoms with Gasteiger partial charge in [-0.25, -0.2) is 0 Å². The average molecular weight is 820 g/mol. The van der Waals surface area contributed by atoms with Gasteiger partial charge < -0.3 is 25.4 Å². The minimum Gasteiger partial charge on any atom is -0.355 e. The summed E-state index contributed by atoms with van der Waals surface area (Å²) in [7, 11) is 0. The number of carbonyl (C=O) groups is 4. The van der Waals surface area contributed by atoms with Gasteiger partial charge in [0, 0.05) is 41.1 Å². The molecular formula is C50H57N7O4. The van der Waals surface area contributed by atoms with Crippen LogP contribution in [0, 0.1) is 0 Å². The Kier molecular flexibility index (Phi) is 12.3. The van der Waals surface area contributed by atoms with Gasteiger partial charge in [0.1, 0.15) is 24.2 Å². The molecule has 5 heterocycles. The first-order valence-electron chi connectivity index (χ1n) is 22.5. The molecule has 61 heavy (non-hydrogen) atoms. The molecule has 316 valence electrons. The summed E-state index contributed by atoms with van der Waals surface area (Å²) in [5, 5.41) is 7.18. The Morgan fingerprint density at radius 3 is 1.49 bits per heavy atom.